The molecule has 1 aromatic carbocycles. The largest absolute Gasteiger partial charge is 0.508 e. The molecule has 0 aliphatic carbocycles. The van der Waals surface area contributed by atoms with Crippen molar-refractivity contribution in [2.75, 3.05) is 5.01 Å². The number of nitrogens with zero attached hydrogens (tertiary/aromatic N) is 2. The van der Waals surface area contributed by atoms with Gasteiger partial charge < -0.3 is 10.2 Å². The molecule has 1 aliphatic heterocycles. The van der Waals surface area contributed by atoms with Crippen molar-refractivity contribution in [3.8, 4) is 11.5 Å². The third kappa shape index (κ3) is 1.28. The number of phenolic OH excluding ortho intramolecular Hbond substituents is 2. The number of anilines is 1. The van der Waals surface area contributed by atoms with Gasteiger partial charge in [0.2, 0.25) is 0 Å². The molecule has 5 nitrogen and oxygen atoms in total. The predicted molar refractivity (Wildman–Crippen MR) is 50.4 cm³/mol. The van der Waals surface area contributed by atoms with Gasteiger partial charge in [-0.15, -0.1) is 0 Å². The molecule has 0 bridgehead atoms. The Morgan fingerprint density at radius 1 is 1.36 bits per heavy atom. The Morgan fingerprint density at radius 2 is 2.14 bits per heavy atom. The maximum atomic E-state index is 11.2. The van der Waals surface area contributed by atoms with Gasteiger partial charge in [-0.1, -0.05) is 0 Å². The maximum absolute atomic E-state index is 11.2. The highest BCUT2D eigenvalue weighted by Crippen LogP contribution is 2.32. The Labute approximate surface area is 79.9 Å². The number of hydrogen-bond acceptors (Lipinski definition) is 4. The van der Waals surface area contributed by atoms with E-state index < -0.39 is 0 Å². The van der Waals surface area contributed by atoms with Crippen LogP contribution in [0, 0.1) is 0 Å². The average molecular weight is 192 g/mol. The molecule has 0 saturated heterocycles. The van der Waals surface area contributed by atoms with Crippen molar-refractivity contribution < 1.29 is 15.0 Å². The summed E-state index contributed by atoms with van der Waals surface area (Å²) >= 11 is 0. The molecule has 1 aliphatic rings. The van der Waals surface area contributed by atoms with Gasteiger partial charge in [0.1, 0.15) is 17.2 Å². The van der Waals surface area contributed by atoms with E-state index >= 15 is 0 Å². The SMILES string of the molecule is O=C1CC=NN1c1cc(O)ccc1O. The smallest absolute Gasteiger partial charge is 0.252 e. The minimum Gasteiger partial charge on any atom is -0.508 e. The van der Waals surface area contributed by atoms with Crippen molar-refractivity contribution in [2.45, 2.75) is 6.42 Å². The quantitative estimate of drug-likeness (QED) is 0.647. The number of hydrogen-bond donors (Lipinski definition) is 2. The molecule has 0 saturated carbocycles. The molecule has 1 amide bonds. The van der Waals surface area contributed by atoms with Crippen LogP contribution in [-0.4, -0.2) is 22.3 Å². The van der Waals surface area contributed by atoms with E-state index in [1.165, 1.54) is 24.4 Å². The monoisotopic (exact) mass is 192 g/mol. The van der Waals surface area contributed by atoms with Crippen molar-refractivity contribution in [3.05, 3.63) is 18.2 Å². The van der Waals surface area contributed by atoms with Crippen LogP contribution in [0.2, 0.25) is 0 Å². The summed E-state index contributed by atoms with van der Waals surface area (Å²) in [5, 5.41) is 23.5. The minimum atomic E-state index is -0.231. The summed E-state index contributed by atoms with van der Waals surface area (Å²) in [5.41, 5.74) is 0.198. The Morgan fingerprint density at radius 3 is 2.79 bits per heavy atom. The first-order valence-electron chi connectivity index (χ1n) is 4.06. The zero-order valence-corrected chi connectivity index (χ0v) is 7.21. The second-order valence-electron chi connectivity index (χ2n) is 2.88. The molecule has 1 aromatic rings. The van der Waals surface area contributed by atoms with E-state index in [4.69, 9.17) is 0 Å². The van der Waals surface area contributed by atoms with Crippen molar-refractivity contribution >= 4 is 17.8 Å². The number of phenols is 2. The summed E-state index contributed by atoms with van der Waals surface area (Å²) in [6, 6.07) is 3.94. The summed E-state index contributed by atoms with van der Waals surface area (Å²) in [4.78, 5) is 11.2. The first-order valence-corrected chi connectivity index (χ1v) is 4.06. The molecule has 0 atom stereocenters. The first kappa shape index (κ1) is 8.55. The number of rotatable bonds is 1. The van der Waals surface area contributed by atoms with Crippen LogP contribution in [0.5, 0.6) is 11.5 Å². The van der Waals surface area contributed by atoms with E-state index in [0.717, 1.165) is 5.01 Å². The number of carbonyl (C=O) groups is 1. The van der Waals surface area contributed by atoms with E-state index in [9.17, 15) is 15.0 Å². The van der Waals surface area contributed by atoms with Gasteiger partial charge in [0, 0.05) is 12.3 Å². The van der Waals surface area contributed by atoms with Crippen LogP contribution in [0.15, 0.2) is 23.3 Å². The fourth-order valence-corrected chi connectivity index (χ4v) is 1.23. The van der Waals surface area contributed by atoms with Crippen LogP contribution in [-0.2, 0) is 4.79 Å². The van der Waals surface area contributed by atoms with Gasteiger partial charge in [0.15, 0.2) is 0 Å². The van der Waals surface area contributed by atoms with Gasteiger partial charge in [-0.2, -0.15) is 10.1 Å². The lowest BCUT2D eigenvalue weighted by molar-refractivity contribution is -0.116. The molecule has 1 heterocycles. The van der Waals surface area contributed by atoms with E-state index in [-0.39, 0.29) is 29.5 Å². The van der Waals surface area contributed by atoms with Crippen LogP contribution in [0.25, 0.3) is 0 Å². The highest BCUT2D eigenvalue weighted by molar-refractivity contribution is 6.06. The second-order valence-corrected chi connectivity index (χ2v) is 2.88. The normalized spacial score (nSPS) is 15.1. The third-order valence-corrected chi connectivity index (χ3v) is 1.89. The number of hydrazone groups is 1. The van der Waals surface area contributed by atoms with Crippen molar-refractivity contribution in [1.29, 1.82) is 0 Å². The Bertz CT molecular complexity index is 415. The van der Waals surface area contributed by atoms with Crippen molar-refractivity contribution in [3.63, 3.8) is 0 Å². The van der Waals surface area contributed by atoms with Gasteiger partial charge in [0.05, 0.1) is 6.42 Å². The third-order valence-electron chi connectivity index (χ3n) is 1.89. The fraction of sp³-hybridized carbons (Fsp3) is 0.111. The fourth-order valence-electron chi connectivity index (χ4n) is 1.23. The topological polar surface area (TPSA) is 73.1 Å². The van der Waals surface area contributed by atoms with Crippen molar-refractivity contribution in [2.24, 2.45) is 5.10 Å². The number of aromatic hydroxyl groups is 2. The molecule has 0 aromatic heterocycles. The Kier molecular flexibility index (Phi) is 1.85. The van der Waals surface area contributed by atoms with Gasteiger partial charge in [0.25, 0.3) is 5.91 Å². The number of amides is 1. The zero-order valence-electron chi connectivity index (χ0n) is 7.21. The molecule has 0 fully saturated rings. The lowest BCUT2D eigenvalue weighted by Gasteiger charge is -2.13. The lowest BCUT2D eigenvalue weighted by atomic mass is 10.2. The number of carbonyl (C=O) groups excluding carboxylic acids is 1. The molecule has 72 valence electrons. The van der Waals surface area contributed by atoms with Crippen LogP contribution in [0.3, 0.4) is 0 Å². The van der Waals surface area contributed by atoms with Crippen LogP contribution in [0.1, 0.15) is 6.42 Å². The highest BCUT2D eigenvalue weighted by Gasteiger charge is 2.21. The summed E-state index contributed by atoms with van der Waals surface area (Å²) in [6.07, 6.45) is 1.67. The summed E-state index contributed by atoms with van der Waals surface area (Å²) in [6.45, 7) is 0. The van der Waals surface area contributed by atoms with Gasteiger partial charge in [-0.05, 0) is 12.1 Å². The molecule has 5 heteroatoms. The molecular weight excluding hydrogens is 184 g/mol. The molecule has 14 heavy (non-hydrogen) atoms. The second kappa shape index (κ2) is 3.02. The molecule has 2 rings (SSSR count). The zero-order chi connectivity index (χ0) is 10.1. The molecule has 0 radical (unpaired) electrons. The van der Waals surface area contributed by atoms with Gasteiger partial charge >= 0.3 is 0 Å². The van der Waals surface area contributed by atoms with E-state index in [1.54, 1.807) is 0 Å². The Hall–Kier alpha value is -2.04. The van der Waals surface area contributed by atoms with E-state index in [2.05, 4.69) is 5.10 Å². The summed E-state index contributed by atoms with van der Waals surface area (Å²) in [7, 11) is 0. The Balaban J connectivity index is 2.45. The summed E-state index contributed by atoms with van der Waals surface area (Å²) < 4.78 is 0. The standard InChI is InChI=1S/C9H8N2O3/c12-6-1-2-8(13)7(5-6)11-9(14)3-4-10-11/h1-2,4-5,12-13H,3H2. The van der Waals surface area contributed by atoms with Crippen LogP contribution >= 0.6 is 0 Å². The number of benzene rings is 1. The van der Waals surface area contributed by atoms with Gasteiger partial charge in [-0.25, -0.2) is 0 Å². The minimum absolute atomic E-state index is 0.0206. The van der Waals surface area contributed by atoms with Crippen LogP contribution in [0.4, 0.5) is 5.69 Å². The highest BCUT2D eigenvalue weighted by atomic mass is 16.3. The maximum Gasteiger partial charge on any atom is 0.252 e. The first-order chi connectivity index (χ1) is 6.68. The van der Waals surface area contributed by atoms with Crippen LogP contribution < -0.4 is 5.01 Å². The lowest BCUT2D eigenvalue weighted by Crippen LogP contribution is -2.19. The predicted octanol–water partition coefficient (Wildman–Crippen LogP) is 0.820. The van der Waals surface area contributed by atoms with E-state index in [0.29, 0.717) is 0 Å². The molecule has 0 spiro atoms. The molecule has 0 unspecified atom stereocenters. The van der Waals surface area contributed by atoms with Gasteiger partial charge in [-0.3, -0.25) is 4.79 Å². The van der Waals surface area contributed by atoms with E-state index in [1.807, 2.05) is 0 Å². The molecular formula is C9H8N2O3. The van der Waals surface area contributed by atoms with Crippen molar-refractivity contribution in [1.82, 2.24) is 0 Å². The summed E-state index contributed by atoms with van der Waals surface area (Å²) in [5.74, 6) is -0.339. The average Bonchev–Trinajstić information content (AvgIpc) is 2.56. The molecule has 2 N–H and O–H groups in total.